The van der Waals surface area contributed by atoms with Gasteiger partial charge in [0.05, 0.1) is 8.81 Å². The molecule has 1 aromatic heterocycles. The number of aliphatic hydroxyl groups is 1. The smallest absolute Gasteiger partial charge is 0.114 e. The maximum Gasteiger partial charge on any atom is 0.114 e. The Kier molecular flexibility index (Phi) is 4.26. The van der Waals surface area contributed by atoms with Gasteiger partial charge in [0.1, 0.15) is 6.10 Å². The largest absolute Gasteiger partial charge is 0.383 e. The highest BCUT2D eigenvalue weighted by Gasteiger charge is 2.17. The van der Waals surface area contributed by atoms with Gasteiger partial charge in [0.25, 0.3) is 0 Å². The van der Waals surface area contributed by atoms with Crippen LogP contribution in [0.3, 0.4) is 0 Å². The van der Waals surface area contributed by atoms with Gasteiger partial charge in [0.15, 0.2) is 0 Å². The first-order valence-corrected chi connectivity index (χ1v) is 7.32. The molecule has 0 amide bonds. The third-order valence-electron chi connectivity index (χ3n) is 2.66. The molecule has 0 spiro atoms. The van der Waals surface area contributed by atoms with Crippen molar-refractivity contribution in [2.24, 2.45) is 0 Å². The fourth-order valence-corrected chi connectivity index (χ4v) is 3.53. The summed E-state index contributed by atoms with van der Waals surface area (Å²) in [5.74, 6) is 0. The van der Waals surface area contributed by atoms with Crippen molar-refractivity contribution in [3.8, 4) is 0 Å². The van der Waals surface area contributed by atoms with Crippen LogP contribution >= 0.6 is 38.9 Å². The zero-order chi connectivity index (χ0) is 12.4. The van der Waals surface area contributed by atoms with Gasteiger partial charge in [-0.1, -0.05) is 42.8 Å². The Balaban J connectivity index is 2.39. The van der Waals surface area contributed by atoms with Crippen molar-refractivity contribution in [3.63, 3.8) is 0 Å². The van der Waals surface area contributed by atoms with E-state index in [9.17, 15) is 5.11 Å². The van der Waals surface area contributed by atoms with Crippen LogP contribution in [0.5, 0.6) is 0 Å². The Bertz CT molecular complexity index is 504. The number of benzene rings is 1. The Hall–Kier alpha value is -0.350. The monoisotopic (exact) mass is 330 g/mol. The van der Waals surface area contributed by atoms with Gasteiger partial charge in [-0.25, -0.2) is 0 Å². The molecule has 0 radical (unpaired) electrons. The lowest BCUT2D eigenvalue weighted by atomic mass is 10.00. The van der Waals surface area contributed by atoms with Gasteiger partial charge in [-0.3, -0.25) is 0 Å². The van der Waals surface area contributed by atoms with Gasteiger partial charge in [0.2, 0.25) is 0 Å². The molecular formula is C13H12BrClOS. The van der Waals surface area contributed by atoms with Crippen molar-refractivity contribution in [1.82, 2.24) is 0 Å². The second-order valence-electron chi connectivity index (χ2n) is 3.73. The minimum Gasteiger partial charge on any atom is -0.383 e. The lowest BCUT2D eigenvalue weighted by Crippen LogP contribution is -2.01. The highest BCUT2D eigenvalue weighted by molar-refractivity contribution is 9.11. The fourth-order valence-electron chi connectivity index (χ4n) is 1.77. The van der Waals surface area contributed by atoms with E-state index in [1.165, 1.54) is 16.9 Å². The number of thiophene rings is 1. The predicted octanol–water partition coefficient (Wildman–Crippen LogP) is 4.81. The van der Waals surface area contributed by atoms with Crippen LogP contribution in [0, 0.1) is 0 Å². The Labute approximate surface area is 118 Å². The normalized spacial score (nSPS) is 12.7. The van der Waals surface area contributed by atoms with E-state index in [1.54, 1.807) is 0 Å². The van der Waals surface area contributed by atoms with Gasteiger partial charge in [0, 0.05) is 4.88 Å². The topological polar surface area (TPSA) is 20.2 Å². The Morgan fingerprint density at radius 2 is 2.12 bits per heavy atom. The number of aliphatic hydroxyl groups excluding tert-OH is 1. The summed E-state index contributed by atoms with van der Waals surface area (Å²) in [6, 6.07) is 9.76. The van der Waals surface area contributed by atoms with Crippen LogP contribution in [0.4, 0.5) is 0 Å². The van der Waals surface area contributed by atoms with Crippen LogP contribution in [0.2, 0.25) is 5.02 Å². The molecule has 4 heteroatoms. The first kappa shape index (κ1) is 13.1. The second kappa shape index (κ2) is 5.53. The van der Waals surface area contributed by atoms with Crippen molar-refractivity contribution in [2.45, 2.75) is 19.4 Å². The molecule has 2 aromatic rings. The van der Waals surface area contributed by atoms with Gasteiger partial charge >= 0.3 is 0 Å². The summed E-state index contributed by atoms with van der Waals surface area (Å²) in [6.45, 7) is 2.09. The molecule has 0 aliphatic carbocycles. The molecule has 17 heavy (non-hydrogen) atoms. The lowest BCUT2D eigenvalue weighted by molar-refractivity contribution is 0.223. The number of hydrogen-bond donors (Lipinski definition) is 1. The number of hydrogen-bond acceptors (Lipinski definition) is 2. The fraction of sp³-hybridized carbons (Fsp3) is 0.231. The quantitative estimate of drug-likeness (QED) is 0.856. The van der Waals surface area contributed by atoms with Crippen LogP contribution in [0.1, 0.15) is 29.0 Å². The first-order valence-electron chi connectivity index (χ1n) is 5.34. The maximum atomic E-state index is 10.4. The summed E-state index contributed by atoms with van der Waals surface area (Å²) in [4.78, 5) is 0.864. The third kappa shape index (κ3) is 2.74. The van der Waals surface area contributed by atoms with Gasteiger partial charge in [-0.15, -0.1) is 11.3 Å². The first-order chi connectivity index (χ1) is 8.13. The van der Waals surface area contributed by atoms with Crippen molar-refractivity contribution < 1.29 is 5.11 Å². The summed E-state index contributed by atoms with van der Waals surface area (Å²) in [6.07, 6.45) is 0.313. The Morgan fingerprint density at radius 3 is 2.71 bits per heavy atom. The van der Waals surface area contributed by atoms with E-state index in [0.717, 1.165) is 20.6 Å². The molecule has 0 aliphatic rings. The van der Waals surface area contributed by atoms with E-state index in [4.69, 9.17) is 11.6 Å². The zero-order valence-corrected chi connectivity index (χ0v) is 12.4. The summed E-state index contributed by atoms with van der Waals surface area (Å²) in [7, 11) is 0. The lowest BCUT2D eigenvalue weighted by Gasteiger charge is -2.13. The van der Waals surface area contributed by atoms with E-state index >= 15 is 0 Å². The van der Waals surface area contributed by atoms with Crippen LogP contribution in [-0.2, 0) is 6.42 Å². The standard InChI is InChI=1S/C13H12BrClOS/c1-2-8-5-3-4-6-9(8)12(16)11-7-10(15)13(14)17-11/h3-7,12,16H,2H2,1H3. The summed E-state index contributed by atoms with van der Waals surface area (Å²) in [5, 5.41) is 11.0. The molecule has 0 saturated heterocycles. The molecule has 0 fully saturated rings. The summed E-state index contributed by atoms with van der Waals surface area (Å²) in [5.41, 5.74) is 2.13. The molecule has 0 saturated carbocycles. The number of halogens is 2. The van der Waals surface area contributed by atoms with Crippen molar-refractivity contribution >= 4 is 38.9 Å². The average molecular weight is 332 g/mol. The van der Waals surface area contributed by atoms with Gasteiger partial charge < -0.3 is 5.11 Å². The predicted molar refractivity (Wildman–Crippen MR) is 76.9 cm³/mol. The van der Waals surface area contributed by atoms with Crippen LogP contribution in [0.15, 0.2) is 34.1 Å². The molecule has 1 aromatic carbocycles. The van der Waals surface area contributed by atoms with E-state index in [0.29, 0.717) is 5.02 Å². The SMILES string of the molecule is CCc1ccccc1C(O)c1cc(Cl)c(Br)s1. The van der Waals surface area contributed by atoms with Gasteiger partial charge in [-0.2, -0.15) is 0 Å². The van der Waals surface area contributed by atoms with E-state index in [1.807, 2.05) is 30.3 Å². The van der Waals surface area contributed by atoms with E-state index in [-0.39, 0.29) is 0 Å². The molecule has 2 rings (SSSR count). The maximum absolute atomic E-state index is 10.4. The molecule has 90 valence electrons. The molecule has 0 bridgehead atoms. The molecule has 1 unspecified atom stereocenters. The Morgan fingerprint density at radius 1 is 1.41 bits per heavy atom. The van der Waals surface area contributed by atoms with Crippen molar-refractivity contribution in [1.29, 1.82) is 0 Å². The van der Waals surface area contributed by atoms with Crippen LogP contribution in [-0.4, -0.2) is 5.11 Å². The van der Waals surface area contributed by atoms with E-state index < -0.39 is 6.10 Å². The number of aryl methyl sites for hydroxylation is 1. The minimum absolute atomic E-state index is 0.597. The third-order valence-corrected chi connectivity index (χ3v) is 5.19. The molecule has 1 heterocycles. The molecule has 0 aliphatic heterocycles. The molecular weight excluding hydrogens is 320 g/mol. The molecule has 1 nitrogen and oxygen atoms in total. The second-order valence-corrected chi connectivity index (χ2v) is 6.53. The molecule has 1 N–H and O–H groups in total. The number of rotatable bonds is 3. The molecule has 1 atom stereocenters. The highest BCUT2D eigenvalue weighted by Crippen LogP contribution is 2.38. The average Bonchev–Trinajstić information content (AvgIpc) is 2.68. The van der Waals surface area contributed by atoms with Crippen molar-refractivity contribution in [3.05, 3.63) is 55.1 Å². The summed E-state index contributed by atoms with van der Waals surface area (Å²) < 4.78 is 0.863. The minimum atomic E-state index is -0.597. The van der Waals surface area contributed by atoms with Crippen molar-refractivity contribution in [2.75, 3.05) is 0 Å². The highest BCUT2D eigenvalue weighted by atomic mass is 79.9. The van der Waals surface area contributed by atoms with E-state index in [2.05, 4.69) is 22.9 Å². The van der Waals surface area contributed by atoms with Gasteiger partial charge in [-0.05, 0) is 39.5 Å². The summed E-state index contributed by atoms with van der Waals surface area (Å²) >= 11 is 10.8. The van der Waals surface area contributed by atoms with Crippen LogP contribution < -0.4 is 0 Å². The van der Waals surface area contributed by atoms with Crippen LogP contribution in [0.25, 0.3) is 0 Å². The zero-order valence-electron chi connectivity index (χ0n) is 9.28.